The summed E-state index contributed by atoms with van der Waals surface area (Å²) in [6.45, 7) is 0. The van der Waals surface area contributed by atoms with Crippen LogP contribution in [0.4, 0.5) is 0 Å². The van der Waals surface area contributed by atoms with Crippen molar-refractivity contribution in [3.63, 3.8) is 0 Å². The minimum Gasteiger partial charge on any atom is -0.376 e. The number of hydrogen-bond donors (Lipinski definition) is 1. The molecule has 0 heterocycles. The fourth-order valence-electron chi connectivity index (χ4n) is 1.45. The maximum Gasteiger partial charge on any atom is 0.142 e. The predicted molar refractivity (Wildman–Crippen MR) is 69.7 cm³/mol. The van der Waals surface area contributed by atoms with Gasteiger partial charge < -0.3 is 5.11 Å². The molecule has 0 aromatic heterocycles. The summed E-state index contributed by atoms with van der Waals surface area (Å²) < 4.78 is 0. The summed E-state index contributed by atoms with van der Waals surface area (Å²) in [6, 6.07) is 16.7. The number of aliphatic hydroxyl groups excluding tert-OH is 1. The van der Waals surface area contributed by atoms with Crippen LogP contribution >= 0.6 is 11.6 Å². The highest BCUT2D eigenvalue weighted by Gasteiger charge is 2.06. The Morgan fingerprint density at radius 2 is 1.59 bits per heavy atom. The highest BCUT2D eigenvalue weighted by atomic mass is 35.5. The van der Waals surface area contributed by atoms with E-state index in [2.05, 4.69) is 11.8 Å². The molecule has 0 fully saturated rings. The van der Waals surface area contributed by atoms with Crippen LogP contribution in [0, 0.1) is 11.8 Å². The fraction of sp³-hybridized carbons (Fsp3) is 0.0667. The van der Waals surface area contributed by atoms with Gasteiger partial charge in [-0.15, -0.1) is 0 Å². The van der Waals surface area contributed by atoms with E-state index in [9.17, 15) is 5.11 Å². The normalized spacial score (nSPS) is 11.4. The predicted octanol–water partition coefficient (Wildman–Crippen LogP) is 3.43. The van der Waals surface area contributed by atoms with Crippen molar-refractivity contribution in [1.29, 1.82) is 0 Å². The van der Waals surface area contributed by atoms with Gasteiger partial charge in [-0.1, -0.05) is 59.8 Å². The van der Waals surface area contributed by atoms with Crippen LogP contribution in [-0.4, -0.2) is 5.11 Å². The van der Waals surface area contributed by atoms with E-state index < -0.39 is 6.10 Å². The molecule has 2 heteroatoms. The Bertz CT molecular complexity index is 552. The average Bonchev–Trinajstić information content (AvgIpc) is 2.38. The second kappa shape index (κ2) is 5.54. The van der Waals surface area contributed by atoms with Gasteiger partial charge in [-0.25, -0.2) is 0 Å². The molecule has 0 amide bonds. The minimum absolute atomic E-state index is 0.530. The van der Waals surface area contributed by atoms with Gasteiger partial charge in [0.2, 0.25) is 0 Å². The van der Waals surface area contributed by atoms with Crippen LogP contribution in [0.3, 0.4) is 0 Å². The van der Waals surface area contributed by atoms with Crippen LogP contribution in [0.1, 0.15) is 17.2 Å². The standard InChI is InChI=1S/C15H11ClO/c16-14-9-5-4-8-13(14)15(17)11-10-12-6-2-1-3-7-12/h1-9,15,17H/t15-/m1/s1. The maximum absolute atomic E-state index is 9.90. The third-order valence-corrected chi connectivity index (χ3v) is 2.67. The third-order valence-electron chi connectivity index (χ3n) is 2.33. The van der Waals surface area contributed by atoms with E-state index in [-0.39, 0.29) is 0 Å². The zero-order chi connectivity index (χ0) is 12.1. The molecule has 2 rings (SSSR count). The summed E-state index contributed by atoms with van der Waals surface area (Å²) in [7, 11) is 0. The lowest BCUT2D eigenvalue weighted by Gasteiger charge is -2.05. The molecule has 2 aromatic rings. The largest absolute Gasteiger partial charge is 0.376 e. The Morgan fingerprint density at radius 1 is 0.941 bits per heavy atom. The molecule has 1 atom stereocenters. The van der Waals surface area contributed by atoms with Crippen LogP contribution in [0.2, 0.25) is 5.02 Å². The molecular weight excluding hydrogens is 232 g/mol. The molecule has 0 saturated heterocycles. The molecule has 0 aliphatic carbocycles. The van der Waals surface area contributed by atoms with E-state index in [1.54, 1.807) is 12.1 Å². The monoisotopic (exact) mass is 242 g/mol. The Morgan fingerprint density at radius 3 is 2.29 bits per heavy atom. The highest BCUT2D eigenvalue weighted by molar-refractivity contribution is 6.31. The van der Waals surface area contributed by atoms with Crippen LogP contribution in [0.15, 0.2) is 54.6 Å². The van der Waals surface area contributed by atoms with Crippen molar-refractivity contribution in [3.05, 3.63) is 70.7 Å². The van der Waals surface area contributed by atoms with Crippen LogP contribution in [0.25, 0.3) is 0 Å². The Kier molecular flexibility index (Phi) is 3.82. The van der Waals surface area contributed by atoms with E-state index >= 15 is 0 Å². The zero-order valence-corrected chi connectivity index (χ0v) is 9.85. The zero-order valence-electron chi connectivity index (χ0n) is 9.10. The summed E-state index contributed by atoms with van der Waals surface area (Å²) in [4.78, 5) is 0. The molecule has 0 unspecified atom stereocenters. The lowest BCUT2D eigenvalue weighted by atomic mass is 10.1. The summed E-state index contributed by atoms with van der Waals surface area (Å²) >= 11 is 5.97. The lowest BCUT2D eigenvalue weighted by molar-refractivity contribution is 0.238. The summed E-state index contributed by atoms with van der Waals surface area (Å²) in [5.74, 6) is 5.69. The van der Waals surface area contributed by atoms with Crippen molar-refractivity contribution in [3.8, 4) is 11.8 Å². The van der Waals surface area contributed by atoms with Gasteiger partial charge in [-0.05, 0) is 18.2 Å². The first kappa shape index (κ1) is 11.7. The summed E-state index contributed by atoms with van der Waals surface area (Å²) in [6.07, 6.45) is -0.857. The quantitative estimate of drug-likeness (QED) is 0.760. The second-order valence-electron chi connectivity index (χ2n) is 3.56. The number of rotatable bonds is 1. The molecule has 0 aliphatic heterocycles. The molecule has 17 heavy (non-hydrogen) atoms. The molecule has 2 aromatic carbocycles. The van der Waals surface area contributed by atoms with Gasteiger partial charge in [0.1, 0.15) is 6.10 Å². The Labute approximate surface area is 106 Å². The van der Waals surface area contributed by atoms with E-state index in [1.807, 2.05) is 42.5 Å². The van der Waals surface area contributed by atoms with Crippen molar-refractivity contribution in [2.24, 2.45) is 0 Å². The first-order valence-corrected chi connectivity index (χ1v) is 5.64. The van der Waals surface area contributed by atoms with E-state index in [0.717, 1.165) is 5.56 Å². The molecule has 1 nitrogen and oxygen atoms in total. The van der Waals surface area contributed by atoms with Gasteiger partial charge in [0.15, 0.2) is 0 Å². The number of benzene rings is 2. The van der Waals surface area contributed by atoms with Gasteiger partial charge in [0, 0.05) is 16.1 Å². The third kappa shape index (κ3) is 3.10. The number of hydrogen-bond acceptors (Lipinski definition) is 1. The van der Waals surface area contributed by atoms with E-state index in [1.165, 1.54) is 0 Å². The van der Waals surface area contributed by atoms with E-state index in [4.69, 9.17) is 11.6 Å². The van der Waals surface area contributed by atoms with Crippen molar-refractivity contribution in [2.75, 3.05) is 0 Å². The van der Waals surface area contributed by atoms with Crippen molar-refractivity contribution >= 4 is 11.6 Å². The smallest absolute Gasteiger partial charge is 0.142 e. The Hall–Kier alpha value is -1.75. The topological polar surface area (TPSA) is 20.2 Å². The first-order valence-electron chi connectivity index (χ1n) is 5.26. The molecule has 0 bridgehead atoms. The lowest BCUT2D eigenvalue weighted by Crippen LogP contribution is -1.94. The molecule has 0 saturated carbocycles. The average molecular weight is 243 g/mol. The summed E-state index contributed by atoms with van der Waals surface area (Å²) in [5, 5.41) is 10.4. The molecular formula is C15H11ClO. The molecule has 0 aliphatic rings. The second-order valence-corrected chi connectivity index (χ2v) is 3.97. The first-order chi connectivity index (χ1) is 8.27. The van der Waals surface area contributed by atoms with Gasteiger partial charge in [-0.2, -0.15) is 0 Å². The summed E-state index contributed by atoms with van der Waals surface area (Å²) in [5.41, 5.74) is 1.51. The number of aliphatic hydroxyl groups is 1. The number of halogens is 1. The van der Waals surface area contributed by atoms with Crippen molar-refractivity contribution in [2.45, 2.75) is 6.10 Å². The molecule has 0 spiro atoms. The van der Waals surface area contributed by atoms with Crippen molar-refractivity contribution < 1.29 is 5.11 Å². The molecule has 0 radical (unpaired) electrons. The van der Waals surface area contributed by atoms with Gasteiger partial charge >= 0.3 is 0 Å². The van der Waals surface area contributed by atoms with Crippen molar-refractivity contribution in [1.82, 2.24) is 0 Å². The van der Waals surface area contributed by atoms with Crippen LogP contribution in [0.5, 0.6) is 0 Å². The van der Waals surface area contributed by atoms with E-state index in [0.29, 0.717) is 10.6 Å². The maximum atomic E-state index is 9.90. The van der Waals surface area contributed by atoms with Crippen LogP contribution in [-0.2, 0) is 0 Å². The fourth-order valence-corrected chi connectivity index (χ4v) is 1.69. The van der Waals surface area contributed by atoms with Gasteiger partial charge in [0.25, 0.3) is 0 Å². The Balaban J connectivity index is 2.21. The SMILES string of the molecule is O[C@H](C#Cc1ccccc1)c1ccccc1Cl. The van der Waals surface area contributed by atoms with Crippen LogP contribution < -0.4 is 0 Å². The molecule has 1 N–H and O–H groups in total. The van der Waals surface area contributed by atoms with Gasteiger partial charge in [-0.3, -0.25) is 0 Å². The molecule has 84 valence electrons. The highest BCUT2D eigenvalue weighted by Crippen LogP contribution is 2.21. The minimum atomic E-state index is -0.857. The van der Waals surface area contributed by atoms with Gasteiger partial charge in [0.05, 0.1) is 0 Å².